The van der Waals surface area contributed by atoms with Crippen molar-refractivity contribution < 1.29 is 26.3 Å². The number of nitrogens with two attached hydrogens (primary N) is 1. The molecule has 0 saturated heterocycles. The first-order valence-electron chi connectivity index (χ1n) is 9.32. The predicted molar refractivity (Wildman–Crippen MR) is 113 cm³/mol. The lowest BCUT2D eigenvalue weighted by molar-refractivity contribution is -0.642. The molecule has 0 amide bonds. The van der Waals surface area contributed by atoms with Crippen molar-refractivity contribution in [3.8, 4) is 0 Å². The summed E-state index contributed by atoms with van der Waals surface area (Å²) in [5, 5.41) is 0. The average molecular weight is 510 g/mol. The van der Waals surface area contributed by atoms with E-state index in [1.807, 2.05) is 47.0 Å². The van der Waals surface area contributed by atoms with Gasteiger partial charge in [0.2, 0.25) is 0 Å². The Bertz CT molecular complexity index is 933. The lowest BCUT2D eigenvalue weighted by Gasteiger charge is -2.17. The van der Waals surface area contributed by atoms with Crippen LogP contribution in [-0.4, -0.2) is 34.9 Å². The third-order valence-corrected chi connectivity index (χ3v) is 5.55. The van der Waals surface area contributed by atoms with E-state index in [4.69, 9.17) is 5.73 Å². The number of benzene rings is 2. The first-order chi connectivity index (χ1) is 13.0. The quantitative estimate of drug-likeness (QED) is 0.355. The van der Waals surface area contributed by atoms with Crippen molar-refractivity contribution in [3.63, 3.8) is 0 Å². The van der Waals surface area contributed by atoms with Gasteiger partial charge < -0.3 is 21.9 Å². The Morgan fingerprint density at radius 2 is 1.75 bits per heavy atom. The Morgan fingerprint density at radius 3 is 2.39 bits per heavy atom. The number of nitrogen functional groups attached to an aromatic ring is 1. The van der Waals surface area contributed by atoms with Gasteiger partial charge in [0.1, 0.15) is 17.6 Å². The van der Waals surface area contributed by atoms with Crippen molar-refractivity contribution in [2.24, 2.45) is 0 Å². The summed E-state index contributed by atoms with van der Waals surface area (Å²) >= 11 is 3.41. The summed E-state index contributed by atoms with van der Waals surface area (Å²) in [6.07, 6.45) is 0. The third kappa shape index (κ3) is 4.82. The molecule has 0 aliphatic carbocycles. The van der Waals surface area contributed by atoms with Crippen LogP contribution in [0.25, 0.3) is 11.0 Å². The van der Waals surface area contributed by atoms with Crippen molar-refractivity contribution in [1.29, 1.82) is 0 Å². The Morgan fingerprint density at radius 1 is 1.11 bits per heavy atom. The second-order valence-corrected chi connectivity index (χ2v) is 7.46. The first-order valence-corrected chi connectivity index (χ1v) is 10.1. The van der Waals surface area contributed by atoms with E-state index in [0.29, 0.717) is 11.5 Å². The average Bonchev–Trinajstić information content (AvgIpc) is 2.95. The van der Waals surface area contributed by atoms with Gasteiger partial charge in [-0.1, -0.05) is 54.0 Å². The zero-order valence-corrected chi connectivity index (χ0v) is 19.4. The number of carbonyl (C=O) groups is 1. The highest BCUT2D eigenvalue weighted by atomic mass is 79.9. The predicted octanol–water partition coefficient (Wildman–Crippen LogP) is 0.502. The molecule has 5 nitrogen and oxygen atoms in total. The molecular formula is C21H26Br2N4O. The summed E-state index contributed by atoms with van der Waals surface area (Å²) in [4.78, 5) is 15.1. The molecule has 0 bridgehead atoms. The Labute approximate surface area is 185 Å². The third-order valence-electron chi connectivity index (χ3n) is 5.02. The van der Waals surface area contributed by atoms with Gasteiger partial charge in [-0.15, -0.1) is 0 Å². The van der Waals surface area contributed by atoms with Crippen LogP contribution >= 0.6 is 15.9 Å². The molecule has 0 aliphatic rings. The molecule has 3 rings (SSSR count). The van der Waals surface area contributed by atoms with Crippen molar-refractivity contribution in [2.45, 2.75) is 26.9 Å². The fourth-order valence-electron chi connectivity index (χ4n) is 3.37. The molecule has 1 heterocycles. The minimum Gasteiger partial charge on any atom is -1.00 e. The molecule has 0 saturated carbocycles. The van der Waals surface area contributed by atoms with Gasteiger partial charge in [0, 0.05) is 16.6 Å². The van der Waals surface area contributed by atoms with E-state index in [1.54, 1.807) is 0 Å². The number of para-hydroxylation sites is 2. The molecule has 0 radical (unpaired) electrons. The van der Waals surface area contributed by atoms with Crippen LogP contribution in [0.2, 0.25) is 0 Å². The summed E-state index contributed by atoms with van der Waals surface area (Å²) in [7, 11) is 0. The van der Waals surface area contributed by atoms with Gasteiger partial charge in [0.15, 0.2) is 5.78 Å². The zero-order chi connectivity index (χ0) is 19.4. The molecule has 0 spiro atoms. The zero-order valence-electron chi connectivity index (χ0n) is 16.2. The number of hydrogen-bond donors (Lipinski definition) is 1. The molecule has 7 heteroatoms. The molecule has 3 aromatic rings. The fraction of sp³-hybridized carbons (Fsp3) is 0.333. The number of hydrogen-bond acceptors (Lipinski definition) is 3. The maximum atomic E-state index is 12.8. The minimum absolute atomic E-state index is 0. The number of fused-ring (bicyclic) bond motifs is 1. The molecule has 28 heavy (non-hydrogen) atoms. The van der Waals surface area contributed by atoms with Crippen molar-refractivity contribution in [2.75, 3.05) is 25.4 Å². The molecular weight excluding hydrogens is 484 g/mol. The van der Waals surface area contributed by atoms with E-state index in [-0.39, 0.29) is 29.3 Å². The van der Waals surface area contributed by atoms with Gasteiger partial charge in [-0.05, 0) is 37.4 Å². The molecule has 0 atom stereocenters. The van der Waals surface area contributed by atoms with Gasteiger partial charge in [-0.2, -0.15) is 0 Å². The minimum atomic E-state index is 0. The summed E-state index contributed by atoms with van der Waals surface area (Å²) in [6.45, 7) is 8.31. The second-order valence-electron chi connectivity index (χ2n) is 6.54. The Balaban J connectivity index is 0.00000280. The fourth-order valence-corrected chi connectivity index (χ4v) is 3.63. The number of halogens is 2. The summed E-state index contributed by atoms with van der Waals surface area (Å²) < 4.78 is 4.99. The first kappa shape index (κ1) is 22.6. The number of carbonyl (C=O) groups excluding carboxylic acids is 1. The van der Waals surface area contributed by atoms with Gasteiger partial charge in [0.25, 0.3) is 0 Å². The van der Waals surface area contributed by atoms with Crippen LogP contribution in [0.4, 0.5) is 5.95 Å². The summed E-state index contributed by atoms with van der Waals surface area (Å²) in [5.41, 5.74) is 9.22. The van der Waals surface area contributed by atoms with E-state index in [9.17, 15) is 4.79 Å². The highest BCUT2D eigenvalue weighted by Crippen LogP contribution is 2.17. The number of likely N-dealkylation sites (N-methyl/N-ethyl adjacent to an activating group) is 1. The van der Waals surface area contributed by atoms with Crippen LogP contribution in [0.15, 0.2) is 53.0 Å². The topological polar surface area (TPSA) is 55.1 Å². The Hall–Kier alpha value is -1.70. The van der Waals surface area contributed by atoms with Gasteiger partial charge >= 0.3 is 5.95 Å². The van der Waals surface area contributed by atoms with E-state index in [0.717, 1.165) is 41.7 Å². The van der Waals surface area contributed by atoms with Gasteiger partial charge in [-0.25, -0.2) is 9.13 Å². The molecule has 0 fully saturated rings. The van der Waals surface area contributed by atoms with Crippen molar-refractivity contribution in [1.82, 2.24) is 9.47 Å². The standard InChI is InChI=1S/C21H25BrN4O.BrH/c1-3-24(4-2)13-14-25-18-7-5-6-8-19(18)26(21(25)23)15-20(27)16-9-11-17(22)12-10-16;/h5-12,23H,3-4,13-15H2,1-2H3;1H. The van der Waals surface area contributed by atoms with Crippen LogP contribution in [0.5, 0.6) is 0 Å². The molecule has 0 unspecified atom stereocenters. The smallest absolute Gasteiger partial charge is 0.356 e. The van der Waals surface area contributed by atoms with Crippen LogP contribution in [-0.2, 0) is 13.1 Å². The van der Waals surface area contributed by atoms with Crippen LogP contribution < -0.4 is 27.3 Å². The largest absolute Gasteiger partial charge is 1.00 e. The van der Waals surface area contributed by atoms with E-state index < -0.39 is 0 Å². The van der Waals surface area contributed by atoms with E-state index in [1.165, 1.54) is 0 Å². The van der Waals surface area contributed by atoms with Crippen molar-refractivity contribution in [3.05, 3.63) is 58.6 Å². The van der Waals surface area contributed by atoms with Gasteiger partial charge in [0.05, 0.1) is 6.54 Å². The van der Waals surface area contributed by atoms with Crippen LogP contribution in [0.3, 0.4) is 0 Å². The molecule has 0 aliphatic heterocycles. The lowest BCUT2D eigenvalue weighted by Crippen LogP contribution is -3.00. The number of anilines is 1. The highest BCUT2D eigenvalue weighted by molar-refractivity contribution is 9.10. The second kappa shape index (κ2) is 10.2. The van der Waals surface area contributed by atoms with Gasteiger partial charge in [-0.3, -0.25) is 10.5 Å². The summed E-state index contributed by atoms with van der Waals surface area (Å²) in [6, 6.07) is 15.5. The normalized spacial score (nSPS) is 11.0. The lowest BCUT2D eigenvalue weighted by atomic mass is 10.1. The summed E-state index contributed by atoms with van der Waals surface area (Å²) in [5.74, 6) is 0.666. The molecule has 2 N–H and O–H groups in total. The number of ketones is 1. The number of rotatable bonds is 8. The number of nitrogens with zero attached hydrogens (tertiary/aromatic N) is 3. The SMILES string of the molecule is CCN(CC)CCn1c(N)[n+](CC(=O)c2ccc(Br)cc2)c2ccccc21.[Br-]. The van der Waals surface area contributed by atoms with Crippen molar-refractivity contribution >= 4 is 38.7 Å². The number of Topliss-reactive ketones (excluding diaryl/α,β-unsaturated/α-hetero) is 1. The molecule has 2 aromatic carbocycles. The molecule has 150 valence electrons. The van der Waals surface area contributed by atoms with Crippen LogP contribution in [0, 0.1) is 0 Å². The monoisotopic (exact) mass is 508 g/mol. The Kier molecular flexibility index (Phi) is 8.22. The van der Waals surface area contributed by atoms with E-state index >= 15 is 0 Å². The maximum Gasteiger partial charge on any atom is 0.356 e. The maximum absolute atomic E-state index is 12.8. The molecule has 1 aromatic heterocycles. The van der Waals surface area contributed by atoms with Crippen LogP contribution in [0.1, 0.15) is 24.2 Å². The van der Waals surface area contributed by atoms with E-state index in [2.05, 4.69) is 45.3 Å². The number of imidazole rings is 1. The number of aromatic nitrogens is 2. The highest BCUT2D eigenvalue weighted by Gasteiger charge is 2.23.